The summed E-state index contributed by atoms with van der Waals surface area (Å²) in [5.41, 5.74) is 6.43. The molecule has 0 heterocycles. The number of carboxylic acids is 1. The van der Waals surface area contributed by atoms with Crippen LogP contribution in [0.2, 0.25) is 0 Å². The highest BCUT2D eigenvalue weighted by Crippen LogP contribution is 2.05. The number of nitrogens with two attached hydrogens (primary N) is 1. The molecule has 6 heteroatoms. The van der Waals surface area contributed by atoms with Crippen LogP contribution in [0.4, 0.5) is 0 Å². The molecular weight excluding hydrogens is 272 g/mol. The van der Waals surface area contributed by atoms with Gasteiger partial charge in [0.25, 0.3) is 5.91 Å². The first-order valence-electron chi connectivity index (χ1n) is 6.79. The van der Waals surface area contributed by atoms with Crippen LogP contribution in [0, 0.1) is 0 Å². The topological polar surface area (TPSA) is 109 Å². The van der Waals surface area contributed by atoms with Crippen molar-refractivity contribution in [3.8, 4) is 0 Å². The van der Waals surface area contributed by atoms with Crippen molar-refractivity contribution in [1.29, 1.82) is 0 Å². The lowest BCUT2D eigenvalue weighted by Crippen LogP contribution is -2.30. The Morgan fingerprint density at radius 3 is 2.24 bits per heavy atom. The van der Waals surface area contributed by atoms with Gasteiger partial charge in [-0.25, -0.2) is 0 Å². The first-order valence-corrected chi connectivity index (χ1v) is 6.79. The van der Waals surface area contributed by atoms with Crippen LogP contribution in [0.1, 0.15) is 46.9 Å². The molecule has 6 nitrogen and oxygen atoms in total. The molecule has 0 aliphatic rings. The zero-order chi connectivity index (χ0) is 15.8. The number of carbonyl (C=O) groups excluding carboxylic acids is 2. The van der Waals surface area contributed by atoms with Crippen molar-refractivity contribution in [3.63, 3.8) is 0 Å². The molecule has 1 amide bonds. The minimum absolute atomic E-state index is 0.0447. The van der Waals surface area contributed by atoms with Gasteiger partial charge in [-0.05, 0) is 38.3 Å². The highest BCUT2D eigenvalue weighted by molar-refractivity contribution is 5.97. The minimum atomic E-state index is -1.01. The molecule has 0 saturated carbocycles. The molecule has 0 aromatic heterocycles. The van der Waals surface area contributed by atoms with Gasteiger partial charge < -0.3 is 16.2 Å². The number of nitrogens with one attached hydrogen (secondary N) is 1. The zero-order valence-corrected chi connectivity index (χ0v) is 12.0. The number of benzene rings is 1. The molecule has 1 atom stereocenters. The average molecular weight is 292 g/mol. The van der Waals surface area contributed by atoms with Crippen molar-refractivity contribution in [3.05, 3.63) is 35.4 Å². The Balaban J connectivity index is 2.31. The van der Waals surface area contributed by atoms with E-state index in [0.29, 0.717) is 36.9 Å². The first-order chi connectivity index (χ1) is 9.91. The summed E-state index contributed by atoms with van der Waals surface area (Å²) in [5, 5.41) is 11.4. The molecule has 4 N–H and O–H groups in total. The Hall–Kier alpha value is -2.21. The van der Waals surface area contributed by atoms with Crippen LogP contribution in [0.25, 0.3) is 0 Å². The maximum absolute atomic E-state index is 11.8. The number of rotatable bonds is 8. The predicted octanol–water partition coefficient (Wildman–Crippen LogP) is 1.20. The summed E-state index contributed by atoms with van der Waals surface area (Å²) in [4.78, 5) is 33.4. The summed E-state index contributed by atoms with van der Waals surface area (Å²) in [6.07, 6.45) is 1.69. The molecule has 0 radical (unpaired) electrons. The fourth-order valence-corrected chi connectivity index (χ4v) is 1.77. The number of carboxylic acid groups (broad SMARTS) is 1. The van der Waals surface area contributed by atoms with Gasteiger partial charge in [-0.3, -0.25) is 14.4 Å². The van der Waals surface area contributed by atoms with E-state index in [4.69, 9.17) is 10.8 Å². The van der Waals surface area contributed by atoms with Crippen molar-refractivity contribution in [1.82, 2.24) is 5.32 Å². The Bertz CT molecular complexity index is 511. The van der Waals surface area contributed by atoms with Gasteiger partial charge in [0.2, 0.25) is 0 Å². The van der Waals surface area contributed by atoms with Gasteiger partial charge in [0.1, 0.15) is 6.04 Å². The number of aliphatic carboxylic acids is 1. The molecular formula is C15H20N2O4. The van der Waals surface area contributed by atoms with E-state index in [1.807, 2.05) is 0 Å². The number of carbonyl (C=O) groups is 3. The van der Waals surface area contributed by atoms with Gasteiger partial charge in [-0.2, -0.15) is 0 Å². The molecule has 0 unspecified atom stereocenters. The van der Waals surface area contributed by atoms with Gasteiger partial charge in [0.15, 0.2) is 5.78 Å². The SMILES string of the molecule is CC(=O)c1ccc(C(=O)NCCCC[C@@H](N)C(=O)O)cc1. The molecule has 1 aromatic rings. The van der Waals surface area contributed by atoms with E-state index >= 15 is 0 Å². The quantitative estimate of drug-likeness (QED) is 0.492. The number of hydrogen-bond donors (Lipinski definition) is 3. The second kappa shape index (κ2) is 8.16. The number of amides is 1. The third-order valence-corrected chi connectivity index (χ3v) is 3.10. The smallest absolute Gasteiger partial charge is 0.320 e. The van der Waals surface area contributed by atoms with Gasteiger partial charge in [0, 0.05) is 17.7 Å². The molecule has 1 aromatic carbocycles. The highest BCUT2D eigenvalue weighted by atomic mass is 16.4. The van der Waals surface area contributed by atoms with Crippen molar-refractivity contribution >= 4 is 17.7 Å². The largest absolute Gasteiger partial charge is 0.480 e. The second-order valence-electron chi connectivity index (χ2n) is 4.83. The maximum Gasteiger partial charge on any atom is 0.320 e. The second-order valence-corrected chi connectivity index (χ2v) is 4.83. The number of unbranched alkanes of at least 4 members (excludes halogenated alkanes) is 1. The van der Waals surface area contributed by atoms with Crippen LogP contribution in [-0.4, -0.2) is 35.4 Å². The van der Waals surface area contributed by atoms with Crippen molar-refractivity contribution in [2.75, 3.05) is 6.54 Å². The van der Waals surface area contributed by atoms with E-state index in [1.54, 1.807) is 24.3 Å². The van der Waals surface area contributed by atoms with Crippen molar-refractivity contribution in [2.24, 2.45) is 5.73 Å². The van der Waals surface area contributed by atoms with Gasteiger partial charge in [-0.1, -0.05) is 12.1 Å². The van der Waals surface area contributed by atoms with Crippen LogP contribution in [-0.2, 0) is 4.79 Å². The monoisotopic (exact) mass is 292 g/mol. The third kappa shape index (κ3) is 5.74. The Labute approximate surface area is 123 Å². The summed E-state index contributed by atoms with van der Waals surface area (Å²) in [7, 11) is 0. The summed E-state index contributed by atoms with van der Waals surface area (Å²) in [6.45, 7) is 1.93. The van der Waals surface area contributed by atoms with Crippen LogP contribution < -0.4 is 11.1 Å². The van der Waals surface area contributed by atoms with Crippen LogP contribution in [0.3, 0.4) is 0 Å². The molecule has 1 rings (SSSR count). The Morgan fingerprint density at radius 2 is 1.71 bits per heavy atom. The van der Waals surface area contributed by atoms with Crippen molar-refractivity contribution < 1.29 is 19.5 Å². The van der Waals surface area contributed by atoms with E-state index in [0.717, 1.165) is 0 Å². The molecule has 0 aliphatic heterocycles. The van der Waals surface area contributed by atoms with Crippen molar-refractivity contribution in [2.45, 2.75) is 32.2 Å². The third-order valence-electron chi connectivity index (χ3n) is 3.10. The van der Waals surface area contributed by atoms with Crippen LogP contribution in [0.15, 0.2) is 24.3 Å². The fraction of sp³-hybridized carbons (Fsp3) is 0.400. The van der Waals surface area contributed by atoms with Gasteiger partial charge in [0.05, 0.1) is 0 Å². The molecule has 0 fully saturated rings. The molecule has 114 valence electrons. The van der Waals surface area contributed by atoms with Crippen LogP contribution in [0.5, 0.6) is 0 Å². The van der Waals surface area contributed by atoms with E-state index in [1.165, 1.54) is 6.92 Å². The first kappa shape index (κ1) is 16.8. The lowest BCUT2D eigenvalue weighted by molar-refractivity contribution is -0.138. The summed E-state index contributed by atoms with van der Waals surface area (Å²) < 4.78 is 0. The van der Waals surface area contributed by atoms with E-state index in [9.17, 15) is 14.4 Å². The molecule has 0 saturated heterocycles. The number of Topliss-reactive ketones (excluding diaryl/α,β-unsaturated/α-hetero) is 1. The number of hydrogen-bond acceptors (Lipinski definition) is 4. The minimum Gasteiger partial charge on any atom is -0.480 e. The maximum atomic E-state index is 11.8. The Kier molecular flexibility index (Phi) is 6.55. The molecule has 0 bridgehead atoms. The lowest BCUT2D eigenvalue weighted by Gasteiger charge is -2.07. The average Bonchev–Trinajstić information content (AvgIpc) is 2.46. The zero-order valence-electron chi connectivity index (χ0n) is 12.0. The molecule has 0 aliphatic carbocycles. The summed E-state index contributed by atoms with van der Waals surface area (Å²) in [6, 6.07) is 5.59. The van der Waals surface area contributed by atoms with E-state index in [-0.39, 0.29) is 11.7 Å². The van der Waals surface area contributed by atoms with E-state index in [2.05, 4.69) is 5.32 Å². The fourth-order valence-electron chi connectivity index (χ4n) is 1.77. The van der Waals surface area contributed by atoms with Gasteiger partial charge in [-0.15, -0.1) is 0 Å². The normalized spacial score (nSPS) is 11.7. The van der Waals surface area contributed by atoms with E-state index < -0.39 is 12.0 Å². The highest BCUT2D eigenvalue weighted by Gasteiger charge is 2.10. The standard InChI is InChI=1S/C15H20N2O4/c1-10(18)11-5-7-12(8-6-11)14(19)17-9-3-2-4-13(16)15(20)21/h5-8,13H,2-4,9,16H2,1H3,(H,17,19)(H,20,21)/t13-/m1/s1. The Morgan fingerprint density at radius 1 is 1.14 bits per heavy atom. The summed E-state index contributed by atoms with van der Waals surface area (Å²) >= 11 is 0. The van der Waals surface area contributed by atoms with Crippen LogP contribution >= 0.6 is 0 Å². The summed E-state index contributed by atoms with van der Waals surface area (Å²) in [5.74, 6) is -1.27. The lowest BCUT2D eigenvalue weighted by atomic mass is 10.1. The molecule has 21 heavy (non-hydrogen) atoms. The number of ketones is 1. The molecule has 0 spiro atoms. The predicted molar refractivity (Wildman–Crippen MR) is 78.2 cm³/mol. The van der Waals surface area contributed by atoms with Gasteiger partial charge >= 0.3 is 5.97 Å².